The van der Waals surface area contributed by atoms with Gasteiger partial charge >= 0.3 is 0 Å². The second-order valence-corrected chi connectivity index (χ2v) is 4.70. The van der Waals surface area contributed by atoms with Crippen LogP contribution in [0.3, 0.4) is 0 Å². The Labute approximate surface area is 95.4 Å². The second-order valence-electron chi connectivity index (χ2n) is 4.29. The van der Waals surface area contributed by atoms with Gasteiger partial charge in [-0.1, -0.05) is 36.5 Å². The highest BCUT2D eigenvalue weighted by Crippen LogP contribution is 2.19. The van der Waals surface area contributed by atoms with Crippen molar-refractivity contribution in [2.45, 2.75) is 26.4 Å². The third kappa shape index (κ3) is 1.92. The van der Waals surface area contributed by atoms with Crippen molar-refractivity contribution in [2.75, 3.05) is 0 Å². The first-order chi connectivity index (χ1) is 6.99. The molecule has 0 spiro atoms. The number of nitrogens with one attached hydrogen (secondary N) is 1. The molecule has 2 rings (SSSR count). The number of thiocarbonyl (C=S) groups is 1. The lowest BCUT2D eigenvalue weighted by atomic mass is 10.0. The monoisotopic (exact) mass is 218 g/mol. The normalized spacial score (nSPS) is 18.6. The lowest BCUT2D eigenvalue weighted by molar-refractivity contribution is 0.506. The molecule has 1 aromatic rings. The molecule has 1 aliphatic heterocycles. The molecule has 0 saturated heterocycles. The zero-order chi connectivity index (χ0) is 11.1. The van der Waals surface area contributed by atoms with Crippen molar-refractivity contribution < 1.29 is 0 Å². The average Bonchev–Trinajstić information content (AvgIpc) is 2.40. The molecule has 0 amide bonds. The number of aryl methyl sites for hydroxylation is 1. The highest BCUT2D eigenvalue weighted by atomic mass is 32.1. The van der Waals surface area contributed by atoms with Crippen LogP contribution >= 0.6 is 12.2 Å². The Kier molecular flexibility index (Phi) is 2.35. The van der Waals surface area contributed by atoms with Crippen LogP contribution in [0.4, 0.5) is 0 Å². The molecule has 15 heavy (non-hydrogen) atoms. The van der Waals surface area contributed by atoms with Crippen LogP contribution < -0.4 is 5.32 Å². The summed E-state index contributed by atoms with van der Waals surface area (Å²) in [5.74, 6) is 0. The lowest BCUT2D eigenvalue weighted by Crippen LogP contribution is -2.35. The van der Waals surface area contributed by atoms with Crippen LogP contribution in [0.15, 0.2) is 29.3 Å². The van der Waals surface area contributed by atoms with Crippen LogP contribution in [0.2, 0.25) is 0 Å². The third-order valence-corrected chi connectivity index (χ3v) is 2.72. The number of nitrogens with zero attached hydrogens (tertiary/aromatic N) is 1. The van der Waals surface area contributed by atoms with E-state index in [2.05, 4.69) is 29.4 Å². The zero-order valence-corrected chi connectivity index (χ0v) is 9.98. The molecule has 0 radical (unpaired) electrons. The summed E-state index contributed by atoms with van der Waals surface area (Å²) in [6.07, 6.45) is 0. The van der Waals surface area contributed by atoms with E-state index in [-0.39, 0.29) is 5.66 Å². The molecule has 0 aliphatic carbocycles. The number of aliphatic imine (C=N–C) groups is 1. The van der Waals surface area contributed by atoms with E-state index in [1.165, 1.54) is 5.56 Å². The molecule has 0 saturated carbocycles. The van der Waals surface area contributed by atoms with E-state index in [1.54, 1.807) is 0 Å². The summed E-state index contributed by atoms with van der Waals surface area (Å²) in [4.78, 5) is 5.34. The maximum absolute atomic E-state index is 5.29. The predicted molar refractivity (Wildman–Crippen MR) is 67.5 cm³/mol. The highest BCUT2D eigenvalue weighted by Gasteiger charge is 2.28. The first-order valence-electron chi connectivity index (χ1n) is 4.98. The third-order valence-electron chi connectivity index (χ3n) is 2.43. The van der Waals surface area contributed by atoms with Crippen molar-refractivity contribution in [3.63, 3.8) is 0 Å². The number of hydrogen-bond donors (Lipinski definition) is 1. The minimum atomic E-state index is -0.269. The van der Waals surface area contributed by atoms with Gasteiger partial charge in [0.15, 0.2) is 0 Å². The molecule has 0 unspecified atom stereocenters. The molecule has 0 bridgehead atoms. The highest BCUT2D eigenvalue weighted by molar-refractivity contribution is 7.82. The zero-order valence-electron chi connectivity index (χ0n) is 9.16. The molecule has 2 nitrogen and oxygen atoms in total. The molecule has 1 aliphatic rings. The van der Waals surface area contributed by atoms with Crippen molar-refractivity contribution in [3.05, 3.63) is 35.4 Å². The average molecular weight is 218 g/mol. The van der Waals surface area contributed by atoms with Crippen molar-refractivity contribution in [2.24, 2.45) is 4.99 Å². The molecule has 78 valence electrons. The second kappa shape index (κ2) is 3.42. The molecule has 0 fully saturated rings. The summed E-state index contributed by atoms with van der Waals surface area (Å²) < 4.78 is 0. The molecular weight excluding hydrogens is 204 g/mol. The Hall–Kier alpha value is -1.22. The first kappa shape index (κ1) is 10.3. The van der Waals surface area contributed by atoms with Crippen LogP contribution in [0.1, 0.15) is 25.0 Å². The van der Waals surface area contributed by atoms with Gasteiger partial charge in [-0.05, 0) is 26.3 Å². The maximum Gasteiger partial charge on any atom is 0.127 e. The van der Waals surface area contributed by atoms with Gasteiger partial charge in [0.05, 0.1) is 0 Å². The lowest BCUT2D eigenvalue weighted by Gasteiger charge is -2.13. The fourth-order valence-electron chi connectivity index (χ4n) is 1.72. The summed E-state index contributed by atoms with van der Waals surface area (Å²) in [5, 5.41) is 3.20. The Morgan fingerprint density at radius 2 is 1.93 bits per heavy atom. The smallest absolute Gasteiger partial charge is 0.127 e. The van der Waals surface area contributed by atoms with Crippen molar-refractivity contribution in [1.29, 1.82) is 0 Å². The van der Waals surface area contributed by atoms with Crippen molar-refractivity contribution in [1.82, 2.24) is 5.32 Å². The molecule has 3 heteroatoms. The summed E-state index contributed by atoms with van der Waals surface area (Å²) >= 11 is 5.29. The molecule has 1 aromatic carbocycles. The van der Waals surface area contributed by atoms with Crippen LogP contribution in [-0.2, 0) is 0 Å². The Morgan fingerprint density at radius 3 is 2.47 bits per heavy atom. The molecule has 1 N–H and O–H groups in total. The van der Waals surface area contributed by atoms with Crippen molar-refractivity contribution in [3.8, 4) is 0 Å². The maximum atomic E-state index is 5.29. The number of benzene rings is 1. The predicted octanol–water partition coefficient (Wildman–Crippen LogP) is 2.45. The SMILES string of the molecule is Cc1ccccc1C1=NC(C)(C)NC1=S. The number of rotatable bonds is 1. The van der Waals surface area contributed by atoms with E-state index in [1.807, 2.05) is 26.0 Å². The van der Waals surface area contributed by atoms with Gasteiger partial charge in [-0.3, -0.25) is 4.99 Å². The van der Waals surface area contributed by atoms with Gasteiger partial charge in [-0.25, -0.2) is 0 Å². The van der Waals surface area contributed by atoms with E-state index in [0.717, 1.165) is 16.3 Å². The van der Waals surface area contributed by atoms with Gasteiger partial charge in [-0.15, -0.1) is 0 Å². The van der Waals surface area contributed by atoms with Crippen molar-refractivity contribution >= 4 is 22.9 Å². The summed E-state index contributed by atoms with van der Waals surface area (Å²) in [7, 11) is 0. The fourth-order valence-corrected chi connectivity index (χ4v) is 2.12. The van der Waals surface area contributed by atoms with Gasteiger partial charge in [0.25, 0.3) is 0 Å². The van der Waals surface area contributed by atoms with Crippen LogP contribution in [-0.4, -0.2) is 16.4 Å². The first-order valence-corrected chi connectivity index (χ1v) is 5.39. The Bertz CT molecular complexity index is 447. The van der Waals surface area contributed by atoms with Crippen LogP contribution in [0.25, 0.3) is 0 Å². The van der Waals surface area contributed by atoms with E-state index >= 15 is 0 Å². The fraction of sp³-hybridized carbons (Fsp3) is 0.333. The van der Waals surface area contributed by atoms with Gasteiger partial charge in [0.1, 0.15) is 16.4 Å². The quantitative estimate of drug-likeness (QED) is 0.732. The number of hydrogen-bond acceptors (Lipinski definition) is 2. The molecular formula is C12H14N2S. The van der Waals surface area contributed by atoms with E-state index in [4.69, 9.17) is 12.2 Å². The molecule has 0 atom stereocenters. The largest absolute Gasteiger partial charge is 0.351 e. The summed E-state index contributed by atoms with van der Waals surface area (Å²) in [6.45, 7) is 6.11. The minimum Gasteiger partial charge on any atom is -0.351 e. The Balaban J connectivity index is 2.49. The topological polar surface area (TPSA) is 24.4 Å². The minimum absolute atomic E-state index is 0.269. The standard InChI is InChI=1S/C12H14N2S/c1-8-6-4-5-7-9(8)10-11(15)14-12(2,3)13-10/h4-7H,1-3H3,(H,14,15). The van der Waals surface area contributed by atoms with Gasteiger partial charge in [0.2, 0.25) is 0 Å². The van der Waals surface area contributed by atoms with Crippen LogP contribution in [0, 0.1) is 6.92 Å². The summed E-state index contributed by atoms with van der Waals surface area (Å²) in [5.41, 5.74) is 2.97. The molecule has 0 aromatic heterocycles. The van der Waals surface area contributed by atoms with Gasteiger partial charge in [0, 0.05) is 5.56 Å². The van der Waals surface area contributed by atoms with Crippen LogP contribution in [0.5, 0.6) is 0 Å². The Morgan fingerprint density at radius 1 is 1.27 bits per heavy atom. The van der Waals surface area contributed by atoms with Gasteiger partial charge < -0.3 is 5.32 Å². The van der Waals surface area contributed by atoms with E-state index < -0.39 is 0 Å². The molecule has 1 heterocycles. The van der Waals surface area contributed by atoms with Gasteiger partial charge in [-0.2, -0.15) is 0 Å². The van der Waals surface area contributed by atoms with E-state index in [9.17, 15) is 0 Å². The summed E-state index contributed by atoms with van der Waals surface area (Å²) in [6, 6.07) is 8.17. The van der Waals surface area contributed by atoms with E-state index in [0.29, 0.717) is 0 Å².